The molecule has 4 rings (SSSR count). The number of benzene rings is 4. The first kappa shape index (κ1) is 12.6. The van der Waals surface area contributed by atoms with Gasteiger partial charge in [0.15, 0.2) is 0 Å². The molecule has 0 heterocycles. The Hall–Kier alpha value is -2.10. The highest BCUT2D eigenvalue weighted by molar-refractivity contribution is 7.96. The Morgan fingerprint density at radius 3 is 2.10 bits per heavy atom. The zero-order chi connectivity index (χ0) is 14.6. The van der Waals surface area contributed by atoms with Crippen molar-refractivity contribution in [3.05, 3.63) is 54.6 Å². The molecule has 0 aliphatic heterocycles. The third kappa shape index (κ3) is 1.68. The van der Waals surface area contributed by atoms with Crippen molar-refractivity contribution in [2.45, 2.75) is 11.8 Å². The lowest BCUT2D eigenvalue weighted by Gasteiger charge is -2.14. The molecule has 0 saturated heterocycles. The summed E-state index contributed by atoms with van der Waals surface area (Å²) in [5.74, 6) is 0. The van der Waals surface area contributed by atoms with Gasteiger partial charge in [0.2, 0.25) is 0 Å². The van der Waals surface area contributed by atoms with E-state index in [-0.39, 0.29) is 0 Å². The zero-order valence-corrected chi connectivity index (χ0v) is 12.4. The Labute approximate surface area is 123 Å². The number of hydrogen-bond acceptors (Lipinski definition) is 1. The van der Waals surface area contributed by atoms with Crippen molar-refractivity contribution < 1.29 is 8.76 Å². The predicted molar refractivity (Wildman–Crippen MR) is 90.9 cm³/mol. The summed E-state index contributed by atoms with van der Waals surface area (Å²) in [5.41, 5.74) is 0. The van der Waals surface area contributed by atoms with Gasteiger partial charge >= 0.3 is 0 Å². The fourth-order valence-corrected chi connectivity index (χ4v) is 4.09. The highest BCUT2D eigenvalue weighted by Gasteiger charge is 2.14. The number of rotatable bonds is 1. The summed E-state index contributed by atoms with van der Waals surface area (Å²) in [6.07, 6.45) is 0. The van der Waals surface area contributed by atoms with Crippen molar-refractivity contribution in [3.63, 3.8) is 0 Å². The second-order valence-corrected chi connectivity index (χ2v) is 7.27. The molecule has 104 valence electrons. The summed E-state index contributed by atoms with van der Waals surface area (Å²) in [6.45, 7) is 1.63. The van der Waals surface area contributed by atoms with Gasteiger partial charge in [0.25, 0.3) is 0 Å². The molecule has 0 bridgehead atoms. The molecule has 0 radical (unpaired) electrons. The van der Waals surface area contributed by atoms with Crippen molar-refractivity contribution in [1.82, 2.24) is 0 Å². The lowest BCUT2D eigenvalue weighted by Crippen LogP contribution is -2.02. The molecule has 3 heteroatoms. The molecular weight excluding hydrogens is 280 g/mol. The van der Waals surface area contributed by atoms with Gasteiger partial charge in [-0.3, -0.25) is 0 Å². The average molecular weight is 294 g/mol. The fraction of sp³-hybridized carbons (Fsp3) is 0.0556. The standard InChI is InChI=1S/C18H14O2S/c1-2-21(19,20)16-11-9-14-7-6-12-4-3-5-13-8-10-15(16)18(14)17(12)13/h2-11H,1H3,(H,19,20). The van der Waals surface area contributed by atoms with Crippen molar-refractivity contribution in [3.8, 4) is 0 Å². The Balaban J connectivity index is 2.35. The second kappa shape index (κ2) is 4.20. The maximum atomic E-state index is 12.4. The normalized spacial score (nSPS) is 14.8. The highest BCUT2D eigenvalue weighted by Crippen LogP contribution is 2.37. The molecule has 21 heavy (non-hydrogen) atoms. The van der Waals surface area contributed by atoms with E-state index in [0.717, 1.165) is 26.9 Å². The lowest BCUT2D eigenvalue weighted by atomic mass is 9.94. The molecule has 1 atom stereocenters. The Bertz CT molecular complexity index is 1090. The van der Waals surface area contributed by atoms with E-state index in [9.17, 15) is 8.76 Å². The molecule has 0 aliphatic carbocycles. The second-order valence-electron chi connectivity index (χ2n) is 5.22. The maximum Gasteiger partial charge on any atom is 0.107 e. The first-order valence-corrected chi connectivity index (χ1v) is 8.42. The van der Waals surface area contributed by atoms with Gasteiger partial charge in [-0.1, -0.05) is 48.5 Å². The van der Waals surface area contributed by atoms with Crippen LogP contribution in [0.15, 0.2) is 59.5 Å². The summed E-state index contributed by atoms with van der Waals surface area (Å²) in [6, 6.07) is 18.1. The van der Waals surface area contributed by atoms with Crippen LogP contribution in [-0.4, -0.2) is 14.1 Å². The molecule has 0 saturated carbocycles. The summed E-state index contributed by atoms with van der Waals surface area (Å²) in [5, 5.41) is 7.90. The van der Waals surface area contributed by atoms with Gasteiger partial charge < -0.3 is 4.55 Å². The van der Waals surface area contributed by atoms with Gasteiger partial charge in [-0.2, -0.15) is 0 Å². The van der Waals surface area contributed by atoms with Crippen LogP contribution in [0.1, 0.15) is 6.92 Å². The van der Waals surface area contributed by atoms with Crippen LogP contribution in [0.5, 0.6) is 0 Å². The van der Waals surface area contributed by atoms with Gasteiger partial charge in [-0.15, -0.1) is 0 Å². The van der Waals surface area contributed by atoms with Gasteiger partial charge in [-0.25, -0.2) is 4.21 Å². The minimum atomic E-state index is -3.10. The van der Waals surface area contributed by atoms with E-state index in [1.165, 1.54) is 10.8 Å². The Kier molecular flexibility index (Phi) is 2.52. The van der Waals surface area contributed by atoms with E-state index in [0.29, 0.717) is 4.90 Å². The topological polar surface area (TPSA) is 37.3 Å². The van der Waals surface area contributed by atoms with Crippen molar-refractivity contribution >= 4 is 47.5 Å². The minimum absolute atomic E-state index is 0.496. The van der Waals surface area contributed by atoms with Crippen LogP contribution in [0.3, 0.4) is 0 Å². The molecule has 0 fully saturated rings. The third-order valence-electron chi connectivity index (χ3n) is 4.12. The van der Waals surface area contributed by atoms with Crippen LogP contribution in [0.4, 0.5) is 0 Å². The Morgan fingerprint density at radius 2 is 1.43 bits per heavy atom. The molecule has 4 aromatic rings. The molecule has 2 nitrogen and oxygen atoms in total. The van der Waals surface area contributed by atoms with E-state index in [1.54, 1.807) is 13.0 Å². The predicted octanol–water partition coefficient (Wildman–Crippen LogP) is 4.52. The first-order chi connectivity index (χ1) is 10.1. The molecule has 4 aromatic carbocycles. The van der Waals surface area contributed by atoms with Crippen LogP contribution in [0.2, 0.25) is 0 Å². The van der Waals surface area contributed by atoms with Crippen LogP contribution in [0.25, 0.3) is 32.3 Å². The summed E-state index contributed by atoms with van der Waals surface area (Å²) in [7, 11) is -3.10. The third-order valence-corrected chi connectivity index (χ3v) is 5.75. The van der Waals surface area contributed by atoms with E-state index in [1.807, 2.05) is 24.3 Å². The first-order valence-electron chi connectivity index (χ1n) is 6.84. The van der Waals surface area contributed by atoms with E-state index < -0.39 is 9.80 Å². The summed E-state index contributed by atoms with van der Waals surface area (Å²) < 4.78 is 22.6. The van der Waals surface area contributed by atoms with Crippen molar-refractivity contribution in [1.29, 1.82) is 0 Å². The molecular formula is C18H14O2S. The van der Waals surface area contributed by atoms with Crippen molar-refractivity contribution in [2.24, 2.45) is 0 Å². The minimum Gasteiger partial charge on any atom is -0.310 e. The van der Waals surface area contributed by atoms with Crippen molar-refractivity contribution in [2.75, 3.05) is 0 Å². The van der Waals surface area contributed by atoms with Crippen LogP contribution < -0.4 is 0 Å². The van der Waals surface area contributed by atoms with Crippen LogP contribution in [-0.2, 0) is 9.80 Å². The van der Waals surface area contributed by atoms with Gasteiger partial charge in [-0.05, 0) is 45.3 Å². The zero-order valence-electron chi connectivity index (χ0n) is 11.5. The van der Waals surface area contributed by atoms with E-state index >= 15 is 0 Å². The maximum absolute atomic E-state index is 12.4. The van der Waals surface area contributed by atoms with Crippen LogP contribution >= 0.6 is 0 Å². The van der Waals surface area contributed by atoms with Crippen LogP contribution in [0, 0.1) is 0 Å². The molecule has 0 aliphatic rings. The molecule has 0 spiro atoms. The molecule has 1 unspecified atom stereocenters. The summed E-state index contributed by atoms with van der Waals surface area (Å²) in [4.78, 5) is 0.496. The van der Waals surface area contributed by atoms with Gasteiger partial charge in [0.1, 0.15) is 9.80 Å². The molecule has 0 aromatic heterocycles. The van der Waals surface area contributed by atoms with Gasteiger partial charge in [0.05, 0.1) is 4.90 Å². The lowest BCUT2D eigenvalue weighted by molar-refractivity contribution is 0.560. The monoisotopic (exact) mass is 294 g/mol. The Morgan fingerprint density at radius 1 is 0.857 bits per heavy atom. The fourth-order valence-electron chi connectivity index (χ4n) is 3.09. The highest BCUT2D eigenvalue weighted by atomic mass is 32.2. The average Bonchev–Trinajstić information content (AvgIpc) is 2.52. The van der Waals surface area contributed by atoms with Gasteiger partial charge in [0, 0.05) is 5.39 Å². The van der Waals surface area contributed by atoms with E-state index in [2.05, 4.69) is 24.3 Å². The quantitative estimate of drug-likeness (QED) is 0.414. The summed E-state index contributed by atoms with van der Waals surface area (Å²) >= 11 is 0. The SMILES string of the molecule is CC=S(=O)(O)c1ccc2ccc3cccc4ccc1c2c34. The van der Waals surface area contributed by atoms with E-state index in [4.69, 9.17) is 0 Å². The molecule has 1 N–H and O–H groups in total. The molecule has 0 amide bonds. The smallest absolute Gasteiger partial charge is 0.107 e. The number of hydrogen-bond donors (Lipinski definition) is 1. The largest absolute Gasteiger partial charge is 0.310 e.